The molecule has 0 amide bonds. The number of hydrogen-bond acceptors (Lipinski definition) is 11. The van der Waals surface area contributed by atoms with Crippen molar-refractivity contribution in [1.29, 1.82) is 5.26 Å². The van der Waals surface area contributed by atoms with Crippen LogP contribution in [0.2, 0.25) is 5.02 Å². The lowest BCUT2D eigenvalue weighted by Crippen LogP contribution is -2.51. The molecule has 4 aromatic rings. The van der Waals surface area contributed by atoms with Crippen LogP contribution in [0.3, 0.4) is 0 Å². The van der Waals surface area contributed by atoms with Gasteiger partial charge in [-0.15, -0.1) is 11.3 Å². The fourth-order valence-corrected chi connectivity index (χ4v) is 9.10. The monoisotopic (exact) mass is 739 g/mol. The van der Waals surface area contributed by atoms with E-state index in [1.165, 1.54) is 10.4 Å². The third kappa shape index (κ3) is 7.60. The summed E-state index contributed by atoms with van der Waals surface area (Å²) < 4.78 is 5.50. The number of benzene rings is 2. The average molecular weight is 740 g/mol. The van der Waals surface area contributed by atoms with Crippen LogP contribution in [-0.4, -0.2) is 70.3 Å². The Morgan fingerprint density at radius 2 is 1.90 bits per heavy atom. The van der Waals surface area contributed by atoms with E-state index in [9.17, 15) is 5.26 Å². The maximum Gasteiger partial charge on any atom is 0.103 e. The fraction of sp³-hybridized carbons (Fsp3) is 0.450. The van der Waals surface area contributed by atoms with Crippen molar-refractivity contribution in [3.8, 4) is 6.07 Å². The van der Waals surface area contributed by atoms with Crippen molar-refractivity contribution in [1.82, 2.24) is 19.8 Å². The van der Waals surface area contributed by atoms with Gasteiger partial charge in [0.1, 0.15) is 6.07 Å². The normalized spacial score (nSPS) is 19.1. The number of hydrogen-bond donors (Lipinski definition) is 4. The van der Waals surface area contributed by atoms with Crippen LogP contribution in [0, 0.1) is 11.3 Å². The molecule has 2 atom stereocenters. The number of nitrogens with zero attached hydrogens (tertiary/aromatic N) is 5. The summed E-state index contributed by atoms with van der Waals surface area (Å²) in [5, 5.41) is 22.8. The number of piperidine rings is 1. The van der Waals surface area contributed by atoms with Gasteiger partial charge < -0.3 is 26.1 Å². The molecule has 0 spiro atoms. The molecule has 3 aliphatic rings. The number of aromatic nitrogens is 1. The number of nitrogens with two attached hydrogens (primary N) is 2. The van der Waals surface area contributed by atoms with E-state index in [-0.39, 0.29) is 23.7 Å². The average Bonchev–Trinajstić information content (AvgIpc) is 3.53. The van der Waals surface area contributed by atoms with E-state index in [1.54, 1.807) is 17.5 Å². The van der Waals surface area contributed by atoms with E-state index < -0.39 is 0 Å². The number of nitriles is 1. The van der Waals surface area contributed by atoms with Crippen molar-refractivity contribution < 1.29 is 4.74 Å². The molecule has 2 fully saturated rings. The van der Waals surface area contributed by atoms with Crippen molar-refractivity contribution >= 4 is 45.2 Å². The first-order valence-electron chi connectivity index (χ1n) is 18.3. The van der Waals surface area contributed by atoms with Gasteiger partial charge in [-0.1, -0.05) is 41.9 Å². The zero-order valence-electron chi connectivity index (χ0n) is 30.5. The first kappa shape index (κ1) is 36.5. The summed E-state index contributed by atoms with van der Waals surface area (Å²) >= 11 is 8.77. The number of fused-ring (bicyclic) bond motifs is 2. The van der Waals surface area contributed by atoms with Gasteiger partial charge in [-0.2, -0.15) is 5.26 Å². The SMILES string of the molecule is C[C@@H](Nc1c(C#N)cnc2c(Cl)cc(N[C@H](/C(N)=C/N(N)C3CCN(C(C)(C)C)CC3)c3csc4c3CCN(C3COC3)C4)cc12)c1ccccc1. The Morgan fingerprint density at radius 3 is 2.58 bits per heavy atom. The zero-order chi connectivity index (χ0) is 36.6. The predicted molar refractivity (Wildman–Crippen MR) is 212 cm³/mol. The second-order valence-electron chi connectivity index (χ2n) is 15.3. The van der Waals surface area contributed by atoms with Crippen LogP contribution < -0.4 is 22.2 Å². The Kier molecular flexibility index (Phi) is 10.7. The van der Waals surface area contributed by atoms with E-state index in [0.29, 0.717) is 33.5 Å². The van der Waals surface area contributed by atoms with Crippen LogP contribution in [0.25, 0.3) is 10.9 Å². The molecule has 5 heterocycles. The van der Waals surface area contributed by atoms with Crippen LogP contribution in [0.1, 0.15) is 79.8 Å². The second-order valence-corrected chi connectivity index (χ2v) is 16.7. The first-order chi connectivity index (χ1) is 25.0. The van der Waals surface area contributed by atoms with Gasteiger partial charge in [0.25, 0.3) is 0 Å². The summed E-state index contributed by atoms with van der Waals surface area (Å²) in [6.45, 7) is 14.4. The van der Waals surface area contributed by atoms with Crippen LogP contribution in [0.4, 0.5) is 11.4 Å². The van der Waals surface area contributed by atoms with Crippen LogP contribution in [0.5, 0.6) is 0 Å². The molecule has 0 unspecified atom stereocenters. The summed E-state index contributed by atoms with van der Waals surface area (Å²) in [5.41, 5.74) is 14.0. The summed E-state index contributed by atoms with van der Waals surface area (Å²) in [6.07, 6.45) is 6.38. The van der Waals surface area contributed by atoms with E-state index in [1.807, 2.05) is 41.5 Å². The van der Waals surface area contributed by atoms with Gasteiger partial charge in [0.15, 0.2) is 0 Å². The number of halogens is 1. The molecular formula is C40H50ClN9OS. The number of hydrazine groups is 1. The molecule has 2 aromatic heterocycles. The quantitative estimate of drug-likeness (QED) is 0.0983. The van der Waals surface area contributed by atoms with Crippen molar-refractivity contribution in [3.05, 3.63) is 98.1 Å². The molecule has 2 aromatic carbocycles. The number of ether oxygens (including phenoxy) is 1. The van der Waals surface area contributed by atoms with Gasteiger partial charge in [0.05, 0.1) is 52.8 Å². The Bertz CT molecular complexity index is 1960. The van der Waals surface area contributed by atoms with Gasteiger partial charge in [0.2, 0.25) is 0 Å². The van der Waals surface area contributed by atoms with E-state index in [0.717, 1.165) is 80.9 Å². The molecule has 0 saturated carbocycles. The standard InChI is InChI=1S/C40H50ClN9OS/c1-25(26-8-6-5-7-9-26)46-37-27(18-42)19-45-38-32(37)16-28(17-34(38)41)47-39(33-24-52-36-21-48(13-12-31(33)36)30-22-51-23-30)35(43)20-50(44)29-10-14-49(15-11-29)40(2,3)4/h5-9,16-17,19-20,24-25,29-30,39,47H,10-15,21-23,43-44H2,1-4H3,(H,45,46)/b35-20-/t25-,39+/m1/s1. The smallest absolute Gasteiger partial charge is 0.103 e. The molecule has 0 aliphatic carbocycles. The second kappa shape index (κ2) is 15.2. The number of likely N-dealkylation sites (tertiary alicyclic amines) is 1. The van der Waals surface area contributed by atoms with Crippen LogP contribution >= 0.6 is 22.9 Å². The Labute approximate surface area is 316 Å². The van der Waals surface area contributed by atoms with E-state index >= 15 is 0 Å². The third-order valence-electron chi connectivity index (χ3n) is 10.9. The Hall–Kier alpha value is -3.89. The van der Waals surface area contributed by atoms with Crippen molar-refractivity contribution in [2.24, 2.45) is 11.6 Å². The van der Waals surface area contributed by atoms with Gasteiger partial charge in [0, 0.05) is 72.1 Å². The third-order valence-corrected chi connectivity index (χ3v) is 12.3. The van der Waals surface area contributed by atoms with Gasteiger partial charge in [-0.3, -0.25) is 14.8 Å². The molecule has 10 nitrogen and oxygen atoms in total. The lowest BCUT2D eigenvalue weighted by atomic mass is 9.95. The van der Waals surface area contributed by atoms with E-state index in [4.69, 9.17) is 27.9 Å². The van der Waals surface area contributed by atoms with Gasteiger partial charge in [-0.05, 0) is 81.2 Å². The number of anilines is 2. The molecule has 2 saturated heterocycles. The topological polar surface area (TPSA) is 132 Å². The number of thiophene rings is 1. The highest BCUT2D eigenvalue weighted by atomic mass is 35.5. The highest BCUT2D eigenvalue weighted by Gasteiger charge is 2.33. The lowest BCUT2D eigenvalue weighted by Gasteiger charge is -2.42. The summed E-state index contributed by atoms with van der Waals surface area (Å²) in [7, 11) is 0. The molecule has 3 aliphatic heterocycles. The zero-order valence-corrected chi connectivity index (χ0v) is 32.1. The number of rotatable bonds is 10. The molecule has 274 valence electrons. The molecule has 7 rings (SSSR count). The lowest BCUT2D eigenvalue weighted by molar-refractivity contribution is -0.0691. The van der Waals surface area contributed by atoms with Crippen molar-refractivity contribution in [2.75, 3.05) is 43.5 Å². The highest BCUT2D eigenvalue weighted by Crippen LogP contribution is 2.40. The summed E-state index contributed by atoms with van der Waals surface area (Å²) in [4.78, 5) is 11.0. The van der Waals surface area contributed by atoms with Gasteiger partial charge in [-0.25, -0.2) is 5.84 Å². The molecule has 0 bridgehead atoms. The van der Waals surface area contributed by atoms with Crippen LogP contribution in [0.15, 0.2) is 65.9 Å². The Morgan fingerprint density at radius 1 is 1.15 bits per heavy atom. The maximum atomic E-state index is 10.1. The number of pyridine rings is 1. The first-order valence-corrected chi connectivity index (χ1v) is 19.5. The summed E-state index contributed by atoms with van der Waals surface area (Å²) in [6, 6.07) is 16.7. The molecule has 0 radical (unpaired) electrons. The van der Waals surface area contributed by atoms with E-state index in [2.05, 4.69) is 76.7 Å². The minimum atomic E-state index is -0.362. The highest BCUT2D eigenvalue weighted by molar-refractivity contribution is 7.10. The summed E-state index contributed by atoms with van der Waals surface area (Å²) in [5.74, 6) is 6.79. The minimum Gasteiger partial charge on any atom is -0.399 e. The van der Waals surface area contributed by atoms with Crippen LogP contribution in [-0.2, 0) is 17.7 Å². The molecular weight excluding hydrogens is 690 g/mol. The fourth-order valence-electron chi connectivity index (χ4n) is 7.68. The Balaban J connectivity index is 1.23. The predicted octanol–water partition coefficient (Wildman–Crippen LogP) is 7.14. The minimum absolute atomic E-state index is 0.0604. The molecule has 52 heavy (non-hydrogen) atoms. The van der Waals surface area contributed by atoms with Crippen molar-refractivity contribution in [2.45, 2.75) is 83.2 Å². The molecule has 6 N–H and O–H groups in total. The number of nitrogens with one attached hydrogen (secondary N) is 2. The maximum absolute atomic E-state index is 10.1. The van der Waals surface area contributed by atoms with Gasteiger partial charge >= 0.3 is 0 Å². The van der Waals surface area contributed by atoms with Crippen molar-refractivity contribution in [3.63, 3.8) is 0 Å². The molecule has 12 heteroatoms. The largest absolute Gasteiger partial charge is 0.399 e.